The molecule has 0 fully saturated rings. The lowest BCUT2D eigenvalue weighted by molar-refractivity contribution is 0.475. The molecule has 0 aliphatic rings. The molecule has 0 unspecified atom stereocenters. The van der Waals surface area contributed by atoms with Crippen LogP contribution in [0.5, 0.6) is 5.75 Å². The maximum atomic E-state index is 11.1. The third-order valence-corrected chi connectivity index (χ3v) is 2.04. The molecular weight excluding hydrogens is 192 g/mol. The van der Waals surface area contributed by atoms with E-state index in [0.29, 0.717) is 5.69 Å². The highest BCUT2D eigenvalue weighted by molar-refractivity contribution is 5.59. The fraction of sp³-hybridized carbons (Fsp3) is 0.0909. The van der Waals surface area contributed by atoms with Gasteiger partial charge in [0.1, 0.15) is 5.75 Å². The van der Waals surface area contributed by atoms with Crippen molar-refractivity contribution in [1.29, 1.82) is 0 Å². The molecule has 2 rings (SSSR count). The molecule has 0 saturated carbocycles. The Hall–Kier alpha value is -2.10. The Morgan fingerprint density at radius 2 is 1.93 bits per heavy atom. The van der Waals surface area contributed by atoms with Crippen LogP contribution in [0.25, 0.3) is 11.3 Å². The number of aromatic nitrogens is 2. The minimum atomic E-state index is -0.363. The largest absolute Gasteiger partial charge is 0.508 e. The van der Waals surface area contributed by atoms with Crippen LogP contribution in [0.3, 0.4) is 0 Å². The van der Waals surface area contributed by atoms with Gasteiger partial charge in [-0.2, -0.15) is 4.98 Å². The quantitative estimate of drug-likeness (QED) is 0.735. The number of H-pyrrole nitrogens is 1. The Bertz CT molecular complexity index is 529. The summed E-state index contributed by atoms with van der Waals surface area (Å²) < 4.78 is 0. The molecule has 0 spiro atoms. The average Bonchev–Trinajstić information content (AvgIpc) is 2.17. The highest BCUT2D eigenvalue weighted by Crippen LogP contribution is 2.18. The Morgan fingerprint density at radius 1 is 1.27 bits per heavy atom. The molecule has 0 atom stereocenters. The van der Waals surface area contributed by atoms with Crippen molar-refractivity contribution in [2.75, 3.05) is 0 Å². The van der Waals surface area contributed by atoms with Crippen LogP contribution in [0.1, 0.15) is 5.69 Å². The highest BCUT2D eigenvalue weighted by Gasteiger charge is 2.01. The Kier molecular flexibility index (Phi) is 2.25. The lowest BCUT2D eigenvalue weighted by atomic mass is 10.1. The molecule has 1 aromatic heterocycles. The third-order valence-electron chi connectivity index (χ3n) is 2.04. The second-order valence-corrected chi connectivity index (χ2v) is 3.30. The normalized spacial score (nSPS) is 10.2. The third kappa shape index (κ3) is 2.04. The minimum absolute atomic E-state index is 0.195. The molecule has 0 bridgehead atoms. The summed E-state index contributed by atoms with van der Waals surface area (Å²) in [5.74, 6) is 0.195. The first-order valence-electron chi connectivity index (χ1n) is 4.52. The van der Waals surface area contributed by atoms with E-state index in [1.54, 1.807) is 37.3 Å². The van der Waals surface area contributed by atoms with Crippen molar-refractivity contribution in [3.05, 3.63) is 46.5 Å². The van der Waals surface area contributed by atoms with E-state index in [4.69, 9.17) is 5.11 Å². The van der Waals surface area contributed by atoms with Crippen LogP contribution in [0.15, 0.2) is 35.1 Å². The number of benzene rings is 1. The van der Waals surface area contributed by atoms with Crippen molar-refractivity contribution in [3.8, 4) is 17.0 Å². The van der Waals surface area contributed by atoms with Crippen molar-refractivity contribution in [3.63, 3.8) is 0 Å². The van der Waals surface area contributed by atoms with Crippen molar-refractivity contribution < 1.29 is 5.11 Å². The van der Waals surface area contributed by atoms with Gasteiger partial charge in [0.2, 0.25) is 0 Å². The van der Waals surface area contributed by atoms with Gasteiger partial charge < -0.3 is 10.1 Å². The smallest absolute Gasteiger partial charge is 0.345 e. The summed E-state index contributed by atoms with van der Waals surface area (Å²) in [6.45, 7) is 1.80. The first-order chi connectivity index (χ1) is 7.15. The Morgan fingerprint density at radius 3 is 2.53 bits per heavy atom. The first kappa shape index (κ1) is 9.45. The van der Waals surface area contributed by atoms with Crippen molar-refractivity contribution in [2.24, 2.45) is 0 Å². The maximum Gasteiger partial charge on any atom is 0.345 e. The topological polar surface area (TPSA) is 66.0 Å². The fourth-order valence-corrected chi connectivity index (χ4v) is 1.36. The molecule has 2 N–H and O–H groups in total. The number of aryl methyl sites for hydroxylation is 1. The van der Waals surface area contributed by atoms with Crippen molar-refractivity contribution in [1.82, 2.24) is 9.97 Å². The molecule has 0 aliphatic carbocycles. The zero-order valence-corrected chi connectivity index (χ0v) is 8.19. The minimum Gasteiger partial charge on any atom is -0.508 e. The van der Waals surface area contributed by atoms with Gasteiger partial charge in [0, 0.05) is 11.3 Å². The van der Waals surface area contributed by atoms with Gasteiger partial charge in [0.05, 0.1) is 5.69 Å². The van der Waals surface area contributed by atoms with Gasteiger partial charge in [0.25, 0.3) is 0 Å². The van der Waals surface area contributed by atoms with Gasteiger partial charge >= 0.3 is 5.69 Å². The number of hydrogen-bond acceptors (Lipinski definition) is 3. The van der Waals surface area contributed by atoms with E-state index in [0.717, 1.165) is 11.3 Å². The molecule has 1 aromatic carbocycles. The molecule has 15 heavy (non-hydrogen) atoms. The van der Waals surface area contributed by atoms with Gasteiger partial charge in [-0.25, -0.2) is 4.79 Å². The number of nitrogens with zero attached hydrogens (tertiary/aromatic N) is 1. The molecule has 0 saturated heterocycles. The molecule has 0 amide bonds. The van der Waals surface area contributed by atoms with Gasteiger partial charge in [-0.15, -0.1) is 0 Å². The second kappa shape index (κ2) is 3.57. The van der Waals surface area contributed by atoms with E-state index in [9.17, 15) is 4.79 Å². The summed E-state index contributed by atoms with van der Waals surface area (Å²) in [6.07, 6.45) is 0. The van der Waals surface area contributed by atoms with E-state index in [1.165, 1.54) is 0 Å². The van der Waals surface area contributed by atoms with Crippen LogP contribution < -0.4 is 5.69 Å². The van der Waals surface area contributed by atoms with Crippen LogP contribution in [-0.2, 0) is 0 Å². The number of rotatable bonds is 1. The van der Waals surface area contributed by atoms with E-state index in [1.807, 2.05) is 0 Å². The maximum absolute atomic E-state index is 11.1. The zero-order valence-electron chi connectivity index (χ0n) is 8.19. The van der Waals surface area contributed by atoms with E-state index >= 15 is 0 Å². The summed E-state index contributed by atoms with van der Waals surface area (Å²) in [5, 5.41) is 9.12. The molecule has 2 aromatic rings. The number of aromatic hydroxyl groups is 1. The Labute approximate surface area is 86.2 Å². The zero-order chi connectivity index (χ0) is 10.8. The van der Waals surface area contributed by atoms with Crippen molar-refractivity contribution >= 4 is 0 Å². The predicted molar refractivity (Wildman–Crippen MR) is 56.7 cm³/mol. The van der Waals surface area contributed by atoms with Gasteiger partial charge in [-0.3, -0.25) is 0 Å². The van der Waals surface area contributed by atoms with Crippen LogP contribution in [0, 0.1) is 6.92 Å². The second-order valence-electron chi connectivity index (χ2n) is 3.30. The SMILES string of the molecule is Cc1cc(-c2ccc(O)cc2)nc(=O)[nH]1. The summed E-state index contributed by atoms with van der Waals surface area (Å²) in [6, 6.07) is 8.35. The standard InChI is InChI=1S/C11H10N2O2/c1-7-6-10(13-11(15)12-7)8-2-4-9(14)5-3-8/h2-6,14H,1H3,(H,12,13,15). The number of aromatic amines is 1. The molecule has 4 heteroatoms. The lowest BCUT2D eigenvalue weighted by Gasteiger charge is -2.01. The molecule has 0 aliphatic heterocycles. The average molecular weight is 202 g/mol. The summed E-state index contributed by atoms with van der Waals surface area (Å²) in [7, 11) is 0. The molecular formula is C11H10N2O2. The first-order valence-corrected chi connectivity index (χ1v) is 4.52. The van der Waals surface area contributed by atoms with Gasteiger partial charge in [0.15, 0.2) is 0 Å². The molecule has 4 nitrogen and oxygen atoms in total. The van der Waals surface area contributed by atoms with E-state index < -0.39 is 0 Å². The fourth-order valence-electron chi connectivity index (χ4n) is 1.36. The summed E-state index contributed by atoms with van der Waals surface area (Å²) in [4.78, 5) is 17.6. The predicted octanol–water partition coefficient (Wildman–Crippen LogP) is 1.45. The highest BCUT2D eigenvalue weighted by atomic mass is 16.3. The monoisotopic (exact) mass is 202 g/mol. The van der Waals surface area contributed by atoms with Crippen molar-refractivity contribution in [2.45, 2.75) is 6.92 Å². The van der Waals surface area contributed by atoms with Gasteiger partial charge in [-0.1, -0.05) is 0 Å². The van der Waals surface area contributed by atoms with Crippen LogP contribution in [-0.4, -0.2) is 15.1 Å². The number of hydrogen-bond donors (Lipinski definition) is 2. The van der Waals surface area contributed by atoms with Gasteiger partial charge in [-0.05, 0) is 37.3 Å². The lowest BCUT2D eigenvalue weighted by Crippen LogP contribution is -2.11. The summed E-state index contributed by atoms with van der Waals surface area (Å²) in [5.41, 5.74) is 1.81. The number of phenolic OH excluding ortho intramolecular Hbond substituents is 1. The number of phenols is 1. The van der Waals surface area contributed by atoms with Crippen LogP contribution >= 0.6 is 0 Å². The Balaban J connectivity index is 2.54. The molecule has 1 heterocycles. The summed E-state index contributed by atoms with van der Waals surface area (Å²) >= 11 is 0. The van der Waals surface area contributed by atoms with Crippen LogP contribution in [0.4, 0.5) is 0 Å². The molecule has 0 radical (unpaired) electrons. The van der Waals surface area contributed by atoms with E-state index in [-0.39, 0.29) is 11.4 Å². The number of nitrogens with one attached hydrogen (secondary N) is 1. The van der Waals surface area contributed by atoms with Crippen LogP contribution in [0.2, 0.25) is 0 Å². The van der Waals surface area contributed by atoms with E-state index in [2.05, 4.69) is 9.97 Å². The molecule has 76 valence electrons.